The Morgan fingerprint density at radius 3 is 2.53 bits per heavy atom. The molecule has 1 amide bonds. The van der Waals surface area contributed by atoms with Crippen molar-refractivity contribution in [3.05, 3.63) is 124 Å². The highest BCUT2D eigenvalue weighted by molar-refractivity contribution is 6.01. The topological polar surface area (TPSA) is 89.5 Å². The molecular formula is C27H20N4O3. The van der Waals surface area contributed by atoms with Gasteiger partial charge in [0.05, 0.1) is 11.1 Å². The normalized spacial score (nSPS) is 11.3. The molecule has 0 saturated carbocycles. The Morgan fingerprint density at radius 1 is 0.941 bits per heavy atom. The molecule has 0 atom stereocenters. The highest BCUT2D eigenvalue weighted by atomic mass is 16.6. The van der Waals surface area contributed by atoms with E-state index in [4.69, 9.17) is 0 Å². The number of hydrogen-bond acceptors (Lipinski definition) is 4. The summed E-state index contributed by atoms with van der Waals surface area (Å²) in [6.07, 6.45) is 3.60. The zero-order chi connectivity index (χ0) is 23.5. The number of nitrogens with zero attached hydrogens (tertiary/aromatic N) is 3. The molecule has 34 heavy (non-hydrogen) atoms. The van der Waals surface area contributed by atoms with Crippen LogP contribution in [0.1, 0.15) is 21.5 Å². The number of fused-ring (bicyclic) bond motifs is 2. The quantitative estimate of drug-likeness (QED) is 0.211. The molecule has 5 rings (SSSR count). The summed E-state index contributed by atoms with van der Waals surface area (Å²) in [4.78, 5) is 22.8. The number of carbonyl (C=O) groups excluding carboxylic acids is 1. The van der Waals surface area contributed by atoms with Crippen molar-refractivity contribution in [1.82, 2.24) is 9.99 Å². The maximum Gasteiger partial charge on any atom is 0.271 e. The van der Waals surface area contributed by atoms with Crippen molar-refractivity contribution >= 4 is 39.5 Å². The van der Waals surface area contributed by atoms with E-state index in [1.807, 2.05) is 36.5 Å². The van der Waals surface area contributed by atoms with Crippen molar-refractivity contribution in [3.8, 4) is 0 Å². The van der Waals surface area contributed by atoms with Crippen molar-refractivity contribution in [3.63, 3.8) is 0 Å². The van der Waals surface area contributed by atoms with Crippen LogP contribution in [0.15, 0.2) is 102 Å². The number of nitro benzene ring substituents is 1. The monoisotopic (exact) mass is 448 g/mol. The number of nitro groups is 1. The molecule has 0 radical (unpaired) electrons. The summed E-state index contributed by atoms with van der Waals surface area (Å²) in [6, 6.07) is 28.2. The van der Waals surface area contributed by atoms with Gasteiger partial charge in [-0.15, -0.1) is 0 Å². The molecule has 4 aromatic carbocycles. The standard InChI is InChI=1S/C27H20N4O3/c32-27(20-9-6-11-23(15-20)31(33)34)29-28-16-22-18-30(26-14-4-3-13-25(22)26)17-21-10-5-8-19-7-1-2-12-24(19)21/h1-16,18H,17H2,(H,29,32)/b28-16+. The third-order valence-electron chi connectivity index (χ3n) is 5.73. The van der Waals surface area contributed by atoms with Crippen LogP contribution in [-0.2, 0) is 6.54 Å². The lowest BCUT2D eigenvalue weighted by Crippen LogP contribution is -2.17. The molecule has 0 fully saturated rings. The number of non-ortho nitro benzene ring substituents is 1. The van der Waals surface area contributed by atoms with Gasteiger partial charge in [0.15, 0.2) is 0 Å². The van der Waals surface area contributed by atoms with Gasteiger partial charge in [-0.25, -0.2) is 5.43 Å². The molecule has 0 aliphatic rings. The molecule has 0 saturated heterocycles. The van der Waals surface area contributed by atoms with Gasteiger partial charge in [0.1, 0.15) is 0 Å². The molecule has 0 spiro atoms. The zero-order valence-corrected chi connectivity index (χ0v) is 18.1. The first-order valence-corrected chi connectivity index (χ1v) is 10.7. The number of hydrazone groups is 1. The lowest BCUT2D eigenvalue weighted by Gasteiger charge is -2.09. The molecule has 1 heterocycles. The number of amides is 1. The fourth-order valence-electron chi connectivity index (χ4n) is 4.11. The average Bonchev–Trinajstić information content (AvgIpc) is 3.21. The SMILES string of the molecule is O=C(N/N=C/c1cn(Cc2cccc3ccccc23)c2ccccc12)c1cccc([N+](=O)[O-])c1. The summed E-state index contributed by atoms with van der Waals surface area (Å²) in [5.41, 5.74) is 5.61. The summed E-state index contributed by atoms with van der Waals surface area (Å²) in [6.45, 7) is 0.690. The Morgan fingerprint density at radius 2 is 1.68 bits per heavy atom. The van der Waals surface area contributed by atoms with E-state index < -0.39 is 10.8 Å². The predicted octanol–water partition coefficient (Wildman–Crippen LogP) is 5.51. The molecule has 1 N–H and O–H groups in total. The number of aromatic nitrogens is 1. The van der Waals surface area contributed by atoms with Crippen molar-refractivity contribution in [2.75, 3.05) is 0 Å². The zero-order valence-electron chi connectivity index (χ0n) is 18.1. The molecule has 7 nitrogen and oxygen atoms in total. The van der Waals surface area contributed by atoms with Gasteiger partial charge >= 0.3 is 0 Å². The minimum absolute atomic E-state index is 0.145. The summed E-state index contributed by atoms with van der Waals surface area (Å²) >= 11 is 0. The van der Waals surface area contributed by atoms with Gasteiger partial charge in [0.2, 0.25) is 0 Å². The molecular weight excluding hydrogens is 428 g/mol. The van der Waals surface area contributed by atoms with Crippen LogP contribution in [0, 0.1) is 10.1 Å². The van der Waals surface area contributed by atoms with Gasteiger partial charge in [0.25, 0.3) is 11.6 Å². The van der Waals surface area contributed by atoms with Gasteiger partial charge in [-0.05, 0) is 28.5 Å². The van der Waals surface area contributed by atoms with Gasteiger partial charge in [0, 0.05) is 46.9 Å². The van der Waals surface area contributed by atoms with Crippen LogP contribution in [0.5, 0.6) is 0 Å². The Kier molecular flexibility index (Phi) is 5.58. The maximum absolute atomic E-state index is 12.4. The highest BCUT2D eigenvalue weighted by Crippen LogP contribution is 2.24. The summed E-state index contributed by atoms with van der Waals surface area (Å²) in [5, 5.41) is 18.5. The third-order valence-corrected chi connectivity index (χ3v) is 5.73. The Bertz CT molecular complexity index is 1560. The number of nitrogens with one attached hydrogen (secondary N) is 1. The van der Waals surface area contributed by atoms with Crippen molar-refractivity contribution < 1.29 is 9.72 Å². The van der Waals surface area contributed by atoms with Crippen LogP contribution in [0.4, 0.5) is 5.69 Å². The van der Waals surface area contributed by atoms with Gasteiger partial charge in [-0.3, -0.25) is 14.9 Å². The Labute approximate surface area is 195 Å². The fraction of sp³-hybridized carbons (Fsp3) is 0.0370. The lowest BCUT2D eigenvalue weighted by atomic mass is 10.0. The van der Waals surface area contributed by atoms with E-state index in [2.05, 4.69) is 51.5 Å². The van der Waals surface area contributed by atoms with Crippen LogP contribution in [0.2, 0.25) is 0 Å². The molecule has 0 aliphatic heterocycles. The Balaban J connectivity index is 1.41. The molecule has 5 aromatic rings. The first kappa shape index (κ1) is 21.1. The van der Waals surface area contributed by atoms with Crippen LogP contribution in [0.25, 0.3) is 21.7 Å². The third kappa shape index (κ3) is 4.14. The maximum atomic E-state index is 12.4. The largest absolute Gasteiger partial charge is 0.342 e. The van der Waals surface area contributed by atoms with Crippen molar-refractivity contribution in [1.29, 1.82) is 0 Å². The lowest BCUT2D eigenvalue weighted by molar-refractivity contribution is -0.384. The number of carbonyl (C=O) groups is 1. The summed E-state index contributed by atoms with van der Waals surface area (Å²) < 4.78 is 2.17. The number of rotatable bonds is 6. The van der Waals surface area contributed by atoms with Gasteiger partial charge in [-0.1, -0.05) is 66.7 Å². The second-order valence-electron chi connectivity index (χ2n) is 7.87. The van der Waals surface area contributed by atoms with Crippen LogP contribution >= 0.6 is 0 Å². The smallest absolute Gasteiger partial charge is 0.271 e. The van der Waals surface area contributed by atoms with Crippen LogP contribution < -0.4 is 5.43 Å². The van der Waals surface area contributed by atoms with E-state index in [9.17, 15) is 14.9 Å². The van der Waals surface area contributed by atoms with E-state index in [0.717, 1.165) is 16.5 Å². The highest BCUT2D eigenvalue weighted by Gasteiger charge is 2.12. The molecule has 0 aliphatic carbocycles. The van der Waals surface area contributed by atoms with E-state index in [0.29, 0.717) is 6.54 Å². The van der Waals surface area contributed by atoms with Crippen LogP contribution in [-0.4, -0.2) is 21.6 Å². The van der Waals surface area contributed by atoms with Gasteiger partial charge in [-0.2, -0.15) is 5.10 Å². The predicted molar refractivity (Wildman–Crippen MR) is 133 cm³/mol. The second kappa shape index (κ2) is 8.99. The molecule has 7 heteroatoms. The van der Waals surface area contributed by atoms with Crippen molar-refractivity contribution in [2.24, 2.45) is 5.10 Å². The fourth-order valence-corrected chi connectivity index (χ4v) is 4.11. The minimum Gasteiger partial charge on any atom is -0.342 e. The molecule has 0 unspecified atom stereocenters. The molecule has 166 valence electrons. The number of hydrogen-bond donors (Lipinski definition) is 1. The molecule has 1 aromatic heterocycles. The van der Waals surface area contributed by atoms with E-state index in [-0.39, 0.29) is 11.3 Å². The number of benzene rings is 4. The summed E-state index contributed by atoms with van der Waals surface area (Å²) in [5.74, 6) is -0.514. The van der Waals surface area contributed by atoms with Crippen LogP contribution in [0.3, 0.4) is 0 Å². The Hall–Kier alpha value is -4.78. The molecule has 0 bridgehead atoms. The van der Waals surface area contributed by atoms with E-state index >= 15 is 0 Å². The van der Waals surface area contributed by atoms with Gasteiger partial charge < -0.3 is 4.57 Å². The second-order valence-corrected chi connectivity index (χ2v) is 7.87. The summed E-state index contributed by atoms with van der Waals surface area (Å²) in [7, 11) is 0. The van der Waals surface area contributed by atoms with Crippen molar-refractivity contribution in [2.45, 2.75) is 6.54 Å². The van der Waals surface area contributed by atoms with E-state index in [1.165, 1.54) is 40.6 Å². The van der Waals surface area contributed by atoms with E-state index in [1.54, 1.807) is 6.21 Å². The average molecular weight is 448 g/mol. The number of para-hydroxylation sites is 1. The first-order valence-electron chi connectivity index (χ1n) is 10.7. The minimum atomic E-state index is -0.537. The first-order chi connectivity index (χ1) is 16.6.